The van der Waals surface area contributed by atoms with E-state index in [1.54, 1.807) is 6.08 Å². The molecule has 2 unspecified atom stereocenters. The number of allylic oxidation sites excluding steroid dienone is 1. The van der Waals surface area contributed by atoms with Crippen molar-refractivity contribution in [3.05, 3.63) is 25.3 Å². The van der Waals surface area contributed by atoms with Crippen molar-refractivity contribution in [2.75, 3.05) is 20.1 Å². The maximum atomic E-state index is 10.7. The highest BCUT2D eigenvalue weighted by atomic mass is 16.1. The van der Waals surface area contributed by atoms with E-state index in [1.807, 2.05) is 13.1 Å². The third-order valence-corrected chi connectivity index (χ3v) is 2.29. The molecule has 0 fully saturated rings. The molecule has 0 saturated heterocycles. The van der Waals surface area contributed by atoms with E-state index >= 15 is 0 Å². The van der Waals surface area contributed by atoms with Crippen LogP contribution in [0.1, 0.15) is 6.92 Å². The van der Waals surface area contributed by atoms with Gasteiger partial charge in [0, 0.05) is 18.4 Å². The summed E-state index contributed by atoms with van der Waals surface area (Å²) in [5.74, 6) is 0.0754. The van der Waals surface area contributed by atoms with Crippen molar-refractivity contribution in [2.24, 2.45) is 11.8 Å². The van der Waals surface area contributed by atoms with Crippen molar-refractivity contribution in [1.82, 2.24) is 4.90 Å². The highest BCUT2D eigenvalue weighted by Gasteiger charge is 2.15. The summed E-state index contributed by atoms with van der Waals surface area (Å²) >= 11 is 0. The molecule has 0 aliphatic rings. The summed E-state index contributed by atoms with van der Waals surface area (Å²) in [6.07, 6.45) is 4.44. The van der Waals surface area contributed by atoms with Gasteiger partial charge < -0.3 is 9.69 Å². The van der Waals surface area contributed by atoms with Gasteiger partial charge in [0.1, 0.15) is 6.29 Å². The highest BCUT2D eigenvalue weighted by molar-refractivity contribution is 5.57. The molecule has 0 amide bonds. The van der Waals surface area contributed by atoms with Gasteiger partial charge >= 0.3 is 0 Å². The molecule has 0 spiro atoms. The van der Waals surface area contributed by atoms with E-state index in [4.69, 9.17) is 0 Å². The van der Waals surface area contributed by atoms with Crippen molar-refractivity contribution < 1.29 is 4.79 Å². The van der Waals surface area contributed by atoms with Crippen LogP contribution >= 0.6 is 0 Å². The van der Waals surface area contributed by atoms with E-state index in [0.29, 0.717) is 0 Å². The number of nitrogens with zero attached hydrogens (tertiary/aromatic N) is 1. The van der Waals surface area contributed by atoms with E-state index in [-0.39, 0.29) is 11.8 Å². The van der Waals surface area contributed by atoms with E-state index in [2.05, 4.69) is 25.0 Å². The topological polar surface area (TPSA) is 20.3 Å². The van der Waals surface area contributed by atoms with E-state index < -0.39 is 0 Å². The van der Waals surface area contributed by atoms with Crippen LogP contribution in [0.2, 0.25) is 0 Å². The van der Waals surface area contributed by atoms with Crippen LogP contribution in [0.15, 0.2) is 25.3 Å². The number of rotatable bonds is 7. The van der Waals surface area contributed by atoms with Gasteiger partial charge in [0.25, 0.3) is 0 Å². The molecule has 0 aliphatic heterocycles. The maximum absolute atomic E-state index is 10.7. The Balaban J connectivity index is 4.22. The molecule has 0 aromatic heterocycles. The Kier molecular flexibility index (Phi) is 6.15. The highest BCUT2D eigenvalue weighted by Crippen LogP contribution is 2.13. The minimum absolute atomic E-state index is 0.105. The van der Waals surface area contributed by atoms with E-state index in [0.717, 1.165) is 19.4 Å². The number of hydrogen-bond donors (Lipinski definition) is 0. The fourth-order valence-corrected chi connectivity index (χ4v) is 1.17. The van der Waals surface area contributed by atoms with Crippen molar-refractivity contribution in [2.45, 2.75) is 6.92 Å². The van der Waals surface area contributed by atoms with Crippen LogP contribution in [-0.4, -0.2) is 31.3 Å². The van der Waals surface area contributed by atoms with Crippen molar-refractivity contribution in [1.29, 1.82) is 0 Å². The lowest BCUT2D eigenvalue weighted by atomic mass is 9.93. The number of hydrogen-bond acceptors (Lipinski definition) is 2. The van der Waals surface area contributed by atoms with Gasteiger partial charge in [0.05, 0.1) is 0 Å². The lowest BCUT2D eigenvalue weighted by Gasteiger charge is -2.22. The Bertz CT molecular complexity index is 169. The van der Waals surface area contributed by atoms with Crippen LogP contribution in [0.25, 0.3) is 0 Å². The fraction of sp³-hybridized carbons (Fsp3) is 0.545. The van der Waals surface area contributed by atoms with Crippen molar-refractivity contribution in [3.8, 4) is 0 Å². The zero-order valence-electron chi connectivity index (χ0n) is 8.57. The largest absolute Gasteiger partial charge is 0.306 e. The number of aldehydes is 1. The third kappa shape index (κ3) is 4.04. The van der Waals surface area contributed by atoms with Gasteiger partial charge in [-0.05, 0) is 13.6 Å². The van der Waals surface area contributed by atoms with Gasteiger partial charge in [-0.3, -0.25) is 0 Å². The van der Waals surface area contributed by atoms with Crippen LogP contribution in [0.3, 0.4) is 0 Å². The van der Waals surface area contributed by atoms with Crippen molar-refractivity contribution >= 4 is 6.29 Å². The Morgan fingerprint density at radius 1 is 1.38 bits per heavy atom. The van der Waals surface area contributed by atoms with Gasteiger partial charge in [-0.15, -0.1) is 13.2 Å². The van der Waals surface area contributed by atoms with Crippen LogP contribution in [0.5, 0.6) is 0 Å². The van der Waals surface area contributed by atoms with E-state index in [1.165, 1.54) is 0 Å². The number of carbonyl (C=O) groups is 1. The van der Waals surface area contributed by atoms with E-state index in [9.17, 15) is 4.79 Å². The molecule has 0 radical (unpaired) electrons. The Morgan fingerprint density at radius 2 is 2.00 bits per heavy atom. The molecule has 0 aromatic carbocycles. The Labute approximate surface area is 80.9 Å². The fourth-order valence-electron chi connectivity index (χ4n) is 1.17. The molecule has 0 bridgehead atoms. The molecule has 2 nitrogen and oxygen atoms in total. The Hall–Kier alpha value is -0.890. The summed E-state index contributed by atoms with van der Waals surface area (Å²) in [4.78, 5) is 12.8. The molecule has 2 atom stereocenters. The zero-order valence-corrected chi connectivity index (χ0v) is 8.57. The molecule has 0 saturated carbocycles. The summed E-state index contributed by atoms with van der Waals surface area (Å²) in [5.41, 5.74) is 0. The van der Waals surface area contributed by atoms with Gasteiger partial charge in [-0.2, -0.15) is 0 Å². The summed E-state index contributed by atoms with van der Waals surface area (Å²) in [5, 5.41) is 0. The van der Waals surface area contributed by atoms with Gasteiger partial charge in [0.15, 0.2) is 0 Å². The minimum Gasteiger partial charge on any atom is -0.306 e. The monoisotopic (exact) mass is 181 g/mol. The summed E-state index contributed by atoms with van der Waals surface area (Å²) in [7, 11) is 2.03. The molecular weight excluding hydrogens is 162 g/mol. The Morgan fingerprint density at radius 3 is 2.31 bits per heavy atom. The first-order valence-corrected chi connectivity index (χ1v) is 4.58. The smallest absolute Gasteiger partial charge is 0.127 e. The second-order valence-corrected chi connectivity index (χ2v) is 3.20. The minimum atomic E-state index is -0.105. The first-order chi connectivity index (χ1) is 6.19. The number of carbonyl (C=O) groups excluding carboxylic acids is 1. The maximum Gasteiger partial charge on any atom is 0.127 e. The van der Waals surface area contributed by atoms with Gasteiger partial charge in [-0.1, -0.05) is 19.1 Å². The van der Waals surface area contributed by atoms with Crippen LogP contribution < -0.4 is 0 Å². The molecule has 0 aliphatic carbocycles. The van der Waals surface area contributed by atoms with Crippen LogP contribution in [-0.2, 0) is 4.79 Å². The first kappa shape index (κ1) is 12.1. The average Bonchev–Trinajstić information content (AvgIpc) is 2.17. The van der Waals surface area contributed by atoms with Gasteiger partial charge in [-0.25, -0.2) is 0 Å². The second kappa shape index (κ2) is 6.61. The predicted molar refractivity (Wildman–Crippen MR) is 56.6 cm³/mol. The molecule has 13 heavy (non-hydrogen) atoms. The third-order valence-electron chi connectivity index (χ3n) is 2.29. The molecule has 0 N–H and O–H groups in total. The molecule has 0 rings (SSSR count). The lowest BCUT2D eigenvalue weighted by molar-refractivity contribution is -0.110. The van der Waals surface area contributed by atoms with Crippen molar-refractivity contribution in [3.63, 3.8) is 0 Å². The molecule has 0 heterocycles. The second-order valence-electron chi connectivity index (χ2n) is 3.20. The molecule has 0 aromatic rings. The van der Waals surface area contributed by atoms with Crippen LogP contribution in [0, 0.1) is 11.8 Å². The SMILES string of the molecule is C=CC(C=O)C(C=C)CN(C)CC. The van der Waals surface area contributed by atoms with Gasteiger partial charge in [0.2, 0.25) is 0 Å². The molecular formula is C11H19NO. The summed E-state index contributed by atoms with van der Waals surface area (Å²) in [6, 6.07) is 0. The summed E-state index contributed by atoms with van der Waals surface area (Å²) in [6.45, 7) is 11.3. The molecule has 2 heteroatoms. The first-order valence-electron chi connectivity index (χ1n) is 4.58. The lowest BCUT2D eigenvalue weighted by Crippen LogP contribution is -2.28. The quantitative estimate of drug-likeness (QED) is 0.440. The predicted octanol–water partition coefficient (Wildman–Crippen LogP) is 1.74. The summed E-state index contributed by atoms with van der Waals surface area (Å²) < 4.78 is 0. The zero-order chi connectivity index (χ0) is 10.3. The average molecular weight is 181 g/mol. The normalized spacial score (nSPS) is 15.0. The molecule has 74 valence electrons. The van der Waals surface area contributed by atoms with Crippen LogP contribution in [0.4, 0.5) is 0 Å². The standard InChI is InChI=1S/C11H19NO/c1-5-10(8-12(4)7-3)11(6-2)9-13/h5-6,9-11H,1-2,7-8H2,3-4H3.